The maximum atomic E-state index is 13.1. The Morgan fingerprint density at radius 1 is 1.00 bits per heavy atom. The molecular formula is C22H27FN2O2. The maximum absolute atomic E-state index is 13.1. The molecule has 27 heavy (non-hydrogen) atoms. The number of ether oxygens (including phenoxy) is 1. The molecule has 1 atom stereocenters. The molecule has 0 saturated carbocycles. The molecule has 4 nitrogen and oxygen atoms in total. The van der Waals surface area contributed by atoms with Gasteiger partial charge in [0.15, 0.2) is 6.10 Å². The first kappa shape index (κ1) is 19.2. The average Bonchev–Trinajstić information content (AvgIpc) is 2.72. The second kappa shape index (κ2) is 8.89. The smallest absolute Gasteiger partial charge is 0.263 e. The summed E-state index contributed by atoms with van der Waals surface area (Å²) in [6.07, 6.45) is 1.15. The maximum Gasteiger partial charge on any atom is 0.263 e. The molecule has 0 unspecified atom stereocenters. The van der Waals surface area contributed by atoms with Gasteiger partial charge in [-0.05, 0) is 54.8 Å². The minimum absolute atomic E-state index is 0.0378. The standard InChI is InChI=1S/C22H27FN2O2/c1-3-17-5-11-20(12-6-17)27-21(4-2)22(26)25-15-13-24(14-16-25)19-9-7-18(23)8-10-19/h5-12,21H,3-4,13-16H2,1-2H3/t21-/m0/s1. The minimum Gasteiger partial charge on any atom is -0.481 e. The second-order valence-electron chi connectivity index (χ2n) is 6.80. The summed E-state index contributed by atoms with van der Waals surface area (Å²) in [7, 11) is 0. The number of nitrogens with zero attached hydrogens (tertiary/aromatic N) is 2. The van der Waals surface area contributed by atoms with Crippen LogP contribution in [0.1, 0.15) is 25.8 Å². The molecule has 0 aromatic heterocycles. The van der Waals surface area contributed by atoms with Gasteiger partial charge in [-0.3, -0.25) is 4.79 Å². The molecule has 0 bridgehead atoms. The number of hydrogen-bond acceptors (Lipinski definition) is 3. The van der Waals surface area contributed by atoms with Crippen molar-refractivity contribution in [1.29, 1.82) is 0 Å². The van der Waals surface area contributed by atoms with E-state index in [2.05, 4.69) is 11.8 Å². The molecular weight excluding hydrogens is 343 g/mol. The fourth-order valence-electron chi connectivity index (χ4n) is 3.32. The van der Waals surface area contributed by atoms with Gasteiger partial charge in [-0.1, -0.05) is 26.0 Å². The normalized spacial score (nSPS) is 15.5. The Hall–Kier alpha value is -2.56. The average molecular weight is 370 g/mol. The Labute approximate surface area is 160 Å². The van der Waals surface area contributed by atoms with E-state index in [4.69, 9.17) is 4.74 Å². The van der Waals surface area contributed by atoms with Crippen molar-refractivity contribution < 1.29 is 13.9 Å². The van der Waals surface area contributed by atoms with Crippen LogP contribution in [0.2, 0.25) is 0 Å². The first-order valence-corrected chi connectivity index (χ1v) is 9.65. The highest BCUT2D eigenvalue weighted by atomic mass is 19.1. The zero-order chi connectivity index (χ0) is 19.2. The Morgan fingerprint density at radius 2 is 1.63 bits per heavy atom. The first-order valence-electron chi connectivity index (χ1n) is 9.65. The molecule has 1 saturated heterocycles. The minimum atomic E-state index is -0.463. The molecule has 2 aromatic carbocycles. The quantitative estimate of drug-likeness (QED) is 0.773. The fourth-order valence-corrected chi connectivity index (χ4v) is 3.32. The predicted molar refractivity (Wildman–Crippen MR) is 106 cm³/mol. The zero-order valence-electron chi connectivity index (χ0n) is 16.0. The predicted octanol–water partition coefficient (Wildman–Crippen LogP) is 3.89. The largest absolute Gasteiger partial charge is 0.481 e. The van der Waals surface area contributed by atoms with Crippen molar-refractivity contribution in [3.8, 4) is 5.75 Å². The number of amides is 1. The molecule has 1 aliphatic heterocycles. The van der Waals surface area contributed by atoms with Crippen molar-refractivity contribution >= 4 is 11.6 Å². The monoisotopic (exact) mass is 370 g/mol. The van der Waals surface area contributed by atoms with Crippen molar-refractivity contribution in [2.24, 2.45) is 0 Å². The Morgan fingerprint density at radius 3 is 2.19 bits per heavy atom. The zero-order valence-corrected chi connectivity index (χ0v) is 16.0. The topological polar surface area (TPSA) is 32.8 Å². The van der Waals surface area contributed by atoms with Crippen LogP contribution in [0.5, 0.6) is 5.75 Å². The fraction of sp³-hybridized carbons (Fsp3) is 0.409. The summed E-state index contributed by atoms with van der Waals surface area (Å²) in [5.41, 5.74) is 2.24. The summed E-state index contributed by atoms with van der Waals surface area (Å²) in [6.45, 7) is 6.84. The molecule has 1 heterocycles. The van der Waals surface area contributed by atoms with Crippen molar-refractivity contribution in [3.05, 3.63) is 59.9 Å². The number of carbonyl (C=O) groups is 1. The molecule has 0 radical (unpaired) electrons. The summed E-state index contributed by atoms with van der Waals surface area (Å²) in [5.74, 6) is 0.538. The number of benzene rings is 2. The number of rotatable bonds is 6. The Balaban J connectivity index is 1.57. The first-order chi connectivity index (χ1) is 13.1. The van der Waals surface area contributed by atoms with Gasteiger partial charge in [0.05, 0.1) is 0 Å². The highest BCUT2D eigenvalue weighted by Crippen LogP contribution is 2.19. The van der Waals surface area contributed by atoms with Crippen LogP contribution in [-0.2, 0) is 11.2 Å². The van der Waals surface area contributed by atoms with Crippen molar-refractivity contribution in [3.63, 3.8) is 0 Å². The third-order valence-corrected chi connectivity index (χ3v) is 5.04. The SMILES string of the molecule is CCc1ccc(O[C@@H](CC)C(=O)N2CCN(c3ccc(F)cc3)CC2)cc1. The van der Waals surface area contributed by atoms with Crippen LogP contribution in [-0.4, -0.2) is 43.1 Å². The molecule has 144 valence electrons. The molecule has 0 N–H and O–H groups in total. The molecule has 0 spiro atoms. The van der Waals surface area contributed by atoms with Crippen LogP contribution in [0.25, 0.3) is 0 Å². The van der Waals surface area contributed by atoms with Gasteiger partial charge in [0, 0.05) is 31.9 Å². The number of piperazine rings is 1. The number of carbonyl (C=O) groups excluding carboxylic acids is 1. The highest BCUT2D eigenvalue weighted by molar-refractivity contribution is 5.81. The third-order valence-electron chi connectivity index (χ3n) is 5.04. The van der Waals surface area contributed by atoms with Gasteiger partial charge in [0.1, 0.15) is 11.6 Å². The van der Waals surface area contributed by atoms with Gasteiger partial charge in [-0.25, -0.2) is 4.39 Å². The van der Waals surface area contributed by atoms with Gasteiger partial charge in [0.2, 0.25) is 0 Å². The van der Waals surface area contributed by atoms with Gasteiger partial charge in [-0.2, -0.15) is 0 Å². The van der Waals surface area contributed by atoms with Crippen molar-refractivity contribution in [2.75, 3.05) is 31.1 Å². The Kier molecular flexibility index (Phi) is 6.32. The van der Waals surface area contributed by atoms with E-state index in [-0.39, 0.29) is 11.7 Å². The lowest BCUT2D eigenvalue weighted by Gasteiger charge is -2.37. The van der Waals surface area contributed by atoms with E-state index in [1.807, 2.05) is 36.1 Å². The molecule has 1 aliphatic rings. The molecule has 5 heteroatoms. The van der Waals surface area contributed by atoms with Crippen LogP contribution in [0, 0.1) is 5.82 Å². The van der Waals surface area contributed by atoms with E-state index in [1.54, 1.807) is 12.1 Å². The van der Waals surface area contributed by atoms with Gasteiger partial charge in [-0.15, -0.1) is 0 Å². The van der Waals surface area contributed by atoms with E-state index < -0.39 is 6.10 Å². The van der Waals surface area contributed by atoms with E-state index >= 15 is 0 Å². The highest BCUT2D eigenvalue weighted by Gasteiger charge is 2.28. The molecule has 1 fully saturated rings. The van der Waals surface area contributed by atoms with Crippen molar-refractivity contribution in [1.82, 2.24) is 4.90 Å². The number of hydrogen-bond donors (Lipinski definition) is 0. The number of aryl methyl sites for hydroxylation is 1. The Bertz CT molecular complexity index is 738. The summed E-state index contributed by atoms with van der Waals surface area (Å²) in [5, 5.41) is 0. The number of halogens is 1. The summed E-state index contributed by atoms with van der Waals surface area (Å²) in [6, 6.07) is 14.4. The van der Waals surface area contributed by atoms with Crippen LogP contribution in [0.3, 0.4) is 0 Å². The van der Waals surface area contributed by atoms with Crippen molar-refractivity contribution in [2.45, 2.75) is 32.8 Å². The molecule has 2 aromatic rings. The summed E-state index contributed by atoms with van der Waals surface area (Å²) >= 11 is 0. The van der Waals surface area contributed by atoms with Crippen LogP contribution < -0.4 is 9.64 Å². The summed E-state index contributed by atoms with van der Waals surface area (Å²) in [4.78, 5) is 16.9. The second-order valence-corrected chi connectivity index (χ2v) is 6.80. The van der Waals surface area contributed by atoms with E-state index in [0.29, 0.717) is 19.5 Å². The lowest BCUT2D eigenvalue weighted by molar-refractivity contribution is -0.139. The lowest BCUT2D eigenvalue weighted by atomic mass is 10.1. The van der Waals surface area contributed by atoms with Crippen LogP contribution in [0.15, 0.2) is 48.5 Å². The van der Waals surface area contributed by atoms with Gasteiger partial charge >= 0.3 is 0 Å². The van der Waals surface area contributed by atoms with Gasteiger partial charge < -0.3 is 14.5 Å². The van der Waals surface area contributed by atoms with Crippen LogP contribution >= 0.6 is 0 Å². The van der Waals surface area contributed by atoms with Gasteiger partial charge in [0.25, 0.3) is 5.91 Å². The van der Waals surface area contributed by atoms with Crippen LogP contribution in [0.4, 0.5) is 10.1 Å². The third kappa shape index (κ3) is 4.79. The summed E-state index contributed by atoms with van der Waals surface area (Å²) < 4.78 is 19.0. The molecule has 3 rings (SSSR count). The lowest BCUT2D eigenvalue weighted by Crippen LogP contribution is -2.52. The molecule has 0 aliphatic carbocycles. The van der Waals surface area contributed by atoms with E-state index in [0.717, 1.165) is 30.9 Å². The molecule has 1 amide bonds. The van der Waals surface area contributed by atoms with E-state index in [1.165, 1.54) is 17.7 Å². The number of anilines is 1. The van der Waals surface area contributed by atoms with E-state index in [9.17, 15) is 9.18 Å².